The van der Waals surface area contributed by atoms with Crippen molar-refractivity contribution in [3.05, 3.63) is 87.8 Å². The first-order chi connectivity index (χ1) is 10.2. The average molecular weight is 403 g/mol. The van der Waals surface area contributed by atoms with Gasteiger partial charge in [-0.2, -0.15) is 0 Å². The molecule has 3 rings (SSSR count). The molecule has 0 N–H and O–H groups in total. The smallest absolute Gasteiger partial charge is 0.0472 e. The van der Waals surface area contributed by atoms with Gasteiger partial charge >= 0.3 is 0 Å². The molecule has 0 heterocycles. The summed E-state index contributed by atoms with van der Waals surface area (Å²) in [5, 5.41) is 0. The number of benzene rings is 3. The van der Waals surface area contributed by atoms with Gasteiger partial charge in [-0.05, 0) is 48.5 Å². The maximum absolute atomic E-state index is 3.55. The number of hydrogen-bond donors (Lipinski definition) is 0. The van der Waals surface area contributed by atoms with Gasteiger partial charge in [0.2, 0.25) is 0 Å². The molecule has 3 aromatic carbocycles. The van der Waals surface area contributed by atoms with E-state index < -0.39 is 0 Å². The summed E-state index contributed by atoms with van der Waals surface area (Å²) in [4.78, 5) is 2.23. The number of rotatable bonds is 3. The van der Waals surface area contributed by atoms with Crippen LogP contribution in [0.2, 0.25) is 0 Å². The van der Waals surface area contributed by atoms with Crippen LogP contribution in [0.5, 0.6) is 0 Å². The van der Waals surface area contributed by atoms with Crippen molar-refractivity contribution in [2.75, 3.05) is 4.90 Å². The average Bonchev–Trinajstić information content (AvgIpc) is 2.49. The lowest BCUT2D eigenvalue weighted by atomic mass is 10.2. The lowest BCUT2D eigenvalue weighted by molar-refractivity contribution is 1.28. The number of halogens is 2. The fraction of sp³-hybridized carbons (Fsp3) is 0. The zero-order valence-corrected chi connectivity index (χ0v) is 14.4. The predicted molar refractivity (Wildman–Crippen MR) is 96.5 cm³/mol. The second-order valence-electron chi connectivity index (χ2n) is 4.63. The van der Waals surface area contributed by atoms with Crippen LogP contribution in [-0.4, -0.2) is 0 Å². The van der Waals surface area contributed by atoms with Crippen LogP contribution in [0.4, 0.5) is 17.1 Å². The number of hydrogen-bond acceptors (Lipinski definition) is 1. The highest BCUT2D eigenvalue weighted by Gasteiger charge is 2.12. The second kappa shape index (κ2) is 6.46. The van der Waals surface area contributed by atoms with Crippen molar-refractivity contribution < 1.29 is 0 Å². The minimum Gasteiger partial charge on any atom is -0.310 e. The second-order valence-corrected chi connectivity index (χ2v) is 6.46. The van der Waals surface area contributed by atoms with E-state index in [1.165, 1.54) is 0 Å². The zero-order valence-electron chi connectivity index (χ0n) is 11.2. The highest BCUT2D eigenvalue weighted by atomic mass is 79.9. The van der Waals surface area contributed by atoms with Crippen molar-refractivity contribution in [1.82, 2.24) is 0 Å². The van der Waals surface area contributed by atoms with Crippen LogP contribution in [0.1, 0.15) is 0 Å². The first kappa shape index (κ1) is 14.4. The van der Waals surface area contributed by atoms with Gasteiger partial charge in [0.15, 0.2) is 0 Å². The zero-order chi connectivity index (χ0) is 14.7. The van der Waals surface area contributed by atoms with E-state index in [1.807, 2.05) is 30.3 Å². The van der Waals surface area contributed by atoms with Crippen LogP contribution in [-0.2, 0) is 0 Å². The molecule has 0 bridgehead atoms. The maximum atomic E-state index is 3.55. The summed E-state index contributed by atoms with van der Waals surface area (Å²) < 4.78 is 2.13. The molecule has 0 fully saturated rings. The number of nitrogens with zero attached hydrogens (tertiary/aromatic N) is 1. The lowest BCUT2D eigenvalue weighted by Gasteiger charge is -2.25. The predicted octanol–water partition coefficient (Wildman–Crippen LogP) is 6.68. The lowest BCUT2D eigenvalue weighted by Crippen LogP contribution is -2.09. The van der Waals surface area contributed by atoms with Gasteiger partial charge < -0.3 is 4.90 Å². The van der Waals surface area contributed by atoms with Crippen molar-refractivity contribution in [3.8, 4) is 0 Å². The molecule has 0 aliphatic rings. The maximum Gasteiger partial charge on any atom is 0.0472 e. The molecule has 0 spiro atoms. The van der Waals surface area contributed by atoms with Crippen molar-refractivity contribution in [2.45, 2.75) is 0 Å². The third-order valence-electron chi connectivity index (χ3n) is 3.15. The highest BCUT2D eigenvalue weighted by Crippen LogP contribution is 2.36. The molecule has 3 aromatic rings. The fourth-order valence-electron chi connectivity index (χ4n) is 2.25. The van der Waals surface area contributed by atoms with E-state index in [1.54, 1.807) is 0 Å². The van der Waals surface area contributed by atoms with Crippen LogP contribution >= 0.6 is 31.9 Å². The fourth-order valence-corrected chi connectivity index (χ4v) is 3.03. The summed E-state index contributed by atoms with van der Waals surface area (Å²) in [6.45, 7) is 0. The van der Waals surface area contributed by atoms with E-state index in [4.69, 9.17) is 0 Å². The minimum atomic E-state index is 1.07. The largest absolute Gasteiger partial charge is 0.310 e. The van der Waals surface area contributed by atoms with E-state index in [0.717, 1.165) is 26.0 Å². The number of anilines is 3. The Labute approximate surface area is 141 Å². The van der Waals surface area contributed by atoms with E-state index in [-0.39, 0.29) is 0 Å². The topological polar surface area (TPSA) is 3.24 Å². The summed E-state index contributed by atoms with van der Waals surface area (Å²) in [6.07, 6.45) is 0. The molecule has 0 radical (unpaired) electrons. The third kappa shape index (κ3) is 3.36. The normalized spacial score (nSPS) is 10.4. The Morgan fingerprint density at radius 2 is 1.00 bits per heavy atom. The van der Waals surface area contributed by atoms with Crippen LogP contribution < -0.4 is 4.90 Å². The summed E-state index contributed by atoms with van der Waals surface area (Å²) >= 11 is 7.11. The molecule has 0 saturated heterocycles. The monoisotopic (exact) mass is 401 g/mol. The van der Waals surface area contributed by atoms with Gasteiger partial charge in [0, 0.05) is 26.0 Å². The Hall–Kier alpha value is -1.58. The molecule has 0 aliphatic heterocycles. The standard InChI is InChI=1S/C18H13Br2N/c19-14-6-4-10-17(12-14)21(16-8-2-1-3-9-16)18-11-5-7-15(20)13-18/h1-13H. The van der Waals surface area contributed by atoms with Gasteiger partial charge in [-0.3, -0.25) is 0 Å². The molecule has 0 unspecified atom stereocenters. The Morgan fingerprint density at radius 3 is 1.48 bits per heavy atom. The van der Waals surface area contributed by atoms with Gasteiger partial charge in [0.1, 0.15) is 0 Å². The summed E-state index contributed by atoms with van der Waals surface area (Å²) in [7, 11) is 0. The highest BCUT2D eigenvalue weighted by molar-refractivity contribution is 9.10. The van der Waals surface area contributed by atoms with Gasteiger partial charge in [-0.15, -0.1) is 0 Å². The molecule has 0 atom stereocenters. The Kier molecular flexibility index (Phi) is 4.42. The van der Waals surface area contributed by atoms with Crippen molar-refractivity contribution in [1.29, 1.82) is 0 Å². The molecule has 0 saturated carbocycles. The Morgan fingerprint density at radius 1 is 0.524 bits per heavy atom. The van der Waals surface area contributed by atoms with Gasteiger partial charge in [0.25, 0.3) is 0 Å². The Balaban J connectivity index is 2.16. The van der Waals surface area contributed by atoms with Crippen LogP contribution in [0, 0.1) is 0 Å². The van der Waals surface area contributed by atoms with Crippen molar-refractivity contribution >= 4 is 48.9 Å². The molecule has 21 heavy (non-hydrogen) atoms. The van der Waals surface area contributed by atoms with Gasteiger partial charge in [-0.1, -0.05) is 62.2 Å². The first-order valence-electron chi connectivity index (χ1n) is 6.60. The van der Waals surface area contributed by atoms with E-state index in [9.17, 15) is 0 Å². The van der Waals surface area contributed by atoms with Crippen molar-refractivity contribution in [2.24, 2.45) is 0 Å². The van der Waals surface area contributed by atoms with Crippen LogP contribution in [0.25, 0.3) is 0 Å². The molecule has 1 nitrogen and oxygen atoms in total. The third-order valence-corrected chi connectivity index (χ3v) is 4.13. The van der Waals surface area contributed by atoms with Gasteiger partial charge in [-0.25, -0.2) is 0 Å². The number of para-hydroxylation sites is 1. The van der Waals surface area contributed by atoms with E-state index in [2.05, 4.69) is 85.3 Å². The molecule has 104 valence electrons. The molecule has 0 aliphatic carbocycles. The van der Waals surface area contributed by atoms with Crippen molar-refractivity contribution in [3.63, 3.8) is 0 Å². The Bertz CT molecular complexity index is 695. The van der Waals surface area contributed by atoms with Gasteiger partial charge in [0.05, 0.1) is 0 Å². The minimum absolute atomic E-state index is 1.07. The molecular formula is C18H13Br2N. The SMILES string of the molecule is Brc1cccc(N(c2ccccc2)c2cccc(Br)c2)c1. The molecular weight excluding hydrogens is 390 g/mol. The summed E-state index contributed by atoms with van der Waals surface area (Å²) in [5.74, 6) is 0. The molecule has 3 heteroatoms. The summed E-state index contributed by atoms with van der Waals surface area (Å²) in [5.41, 5.74) is 3.37. The quantitative estimate of drug-likeness (QED) is 0.472. The molecule has 0 aromatic heterocycles. The first-order valence-corrected chi connectivity index (χ1v) is 8.19. The van der Waals surface area contributed by atoms with E-state index in [0.29, 0.717) is 0 Å². The van der Waals surface area contributed by atoms with Crippen LogP contribution in [0.3, 0.4) is 0 Å². The molecule has 0 amide bonds. The van der Waals surface area contributed by atoms with E-state index >= 15 is 0 Å². The summed E-state index contributed by atoms with van der Waals surface area (Å²) in [6, 6.07) is 27.0. The van der Waals surface area contributed by atoms with Crippen LogP contribution in [0.15, 0.2) is 87.8 Å².